The smallest absolute Gasteiger partial charge is 0.445 e. The van der Waals surface area contributed by atoms with Gasteiger partial charge in [0.05, 0.1) is 21.3 Å². The first-order chi connectivity index (χ1) is 16.0. The highest BCUT2D eigenvalue weighted by Crippen LogP contribution is 2.36. The summed E-state index contributed by atoms with van der Waals surface area (Å²) >= 11 is 0. The average Bonchev–Trinajstić information content (AvgIpc) is 3.05. The third-order valence-corrected chi connectivity index (χ3v) is 9.36. The van der Waals surface area contributed by atoms with Gasteiger partial charge < -0.3 is 18.9 Å². The summed E-state index contributed by atoms with van der Waals surface area (Å²) in [4.78, 5) is 14.2. The predicted molar refractivity (Wildman–Crippen MR) is 131 cm³/mol. The molecule has 2 aromatic rings. The third kappa shape index (κ3) is 5.01. The number of hydrogen-bond acceptors (Lipinski definition) is 6. The first-order valence-electron chi connectivity index (χ1n) is 11.6. The Morgan fingerprint density at radius 2 is 1.53 bits per heavy atom. The molecule has 0 aliphatic carbocycles. The summed E-state index contributed by atoms with van der Waals surface area (Å²) in [7, 11) is -4.05. The Labute approximate surface area is 202 Å². The van der Waals surface area contributed by atoms with Gasteiger partial charge in [0.25, 0.3) is 0 Å². The number of sulfone groups is 1. The van der Waals surface area contributed by atoms with Gasteiger partial charge in [-0.3, -0.25) is 0 Å². The molecule has 0 radical (unpaired) electrons. The number of carbonyl (C=O) groups excluding carboxylic acids is 1. The standard InChI is InChI=1S/C25H32BNO6S/c1-24(2)25(3,4)33-26(32-24)20-10-12-21(13-11-20)34(29,30)22-14-16-27(17-15-22)23(28)31-18-19-8-6-5-7-9-19/h5-13,22H,14-18H2,1-4H3. The Morgan fingerprint density at radius 1 is 0.971 bits per heavy atom. The zero-order valence-corrected chi connectivity index (χ0v) is 21.0. The summed E-state index contributed by atoms with van der Waals surface area (Å²) in [6, 6.07) is 16.2. The van der Waals surface area contributed by atoms with E-state index in [1.807, 2.05) is 58.0 Å². The molecule has 0 N–H and O–H groups in total. The normalized spacial score (nSPS) is 20.4. The molecule has 9 heteroatoms. The van der Waals surface area contributed by atoms with Crippen molar-refractivity contribution < 1.29 is 27.3 Å². The van der Waals surface area contributed by atoms with Crippen LogP contribution in [-0.4, -0.2) is 56.1 Å². The first-order valence-corrected chi connectivity index (χ1v) is 13.2. The monoisotopic (exact) mass is 485 g/mol. The Morgan fingerprint density at radius 3 is 2.09 bits per heavy atom. The van der Waals surface area contributed by atoms with Crippen molar-refractivity contribution in [1.29, 1.82) is 0 Å². The van der Waals surface area contributed by atoms with Crippen LogP contribution in [0.1, 0.15) is 46.1 Å². The van der Waals surface area contributed by atoms with Gasteiger partial charge in [-0.25, -0.2) is 13.2 Å². The summed E-state index contributed by atoms with van der Waals surface area (Å²) in [6.07, 6.45) is 0.343. The molecule has 2 aromatic carbocycles. The van der Waals surface area contributed by atoms with Crippen molar-refractivity contribution in [2.75, 3.05) is 13.1 Å². The molecule has 0 bridgehead atoms. The summed E-state index contributed by atoms with van der Waals surface area (Å²) in [5.74, 6) is 0. The molecule has 2 aliphatic rings. The fourth-order valence-electron chi connectivity index (χ4n) is 4.15. The fourth-order valence-corrected chi connectivity index (χ4v) is 5.88. The molecule has 0 spiro atoms. The predicted octanol–water partition coefficient (Wildman–Crippen LogP) is 3.56. The van der Waals surface area contributed by atoms with Crippen molar-refractivity contribution in [2.45, 2.75) is 68.5 Å². The van der Waals surface area contributed by atoms with Gasteiger partial charge in [-0.1, -0.05) is 42.5 Å². The minimum Gasteiger partial charge on any atom is -0.445 e. The van der Waals surface area contributed by atoms with Crippen molar-refractivity contribution in [2.24, 2.45) is 0 Å². The highest BCUT2D eigenvalue weighted by molar-refractivity contribution is 7.92. The van der Waals surface area contributed by atoms with Crippen molar-refractivity contribution in [3.8, 4) is 0 Å². The van der Waals surface area contributed by atoms with Crippen LogP contribution in [0.15, 0.2) is 59.5 Å². The lowest BCUT2D eigenvalue weighted by Crippen LogP contribution is -2.42. The first kappa shape index (κ1) is 24.8. The quantitative estimate of drug-likeness (QED) is 0.603. The lowest BCUT2D eigenvalue weighted by atomic mass is 9.79. The summed E-state index contributed by atoms with van der Waals surface area (Å²) in [5.41, 5.74) is 0.780. The maximum absolute atomic E-state index is 13.2. The molecule has 2 heterocycles. The van der Waals surface area contributed by atoms with Crippen molar-refractivity contribution >= 4 is 28.5 Å². The fraction of sp³-hybridized carbons (Fsp3) is 0.480. The molecule has 1 amide bonds. The maximum atomic E-state index is 13.2. The molecule has 0 aromatic heterocycles. The van der Waals surface area contributed by atoms with Crippen LogP contribution in [0.3, 0.4) is 0 Å². The van der Waals surface area contributed by atoms with Gasteiger partial charge >= 0.3 is 13.2 Å². The number of piperidine rings is 1. The van der Waals surface area contributed by atoms with E-state index in [1.165, 1.54) is 0 Å². The van der Waals surface area contributed by atoms with Gasteiger partial charge in [-0.2, -0.15) is 0 Å². The number of amides is 1. The second kappa shape index (κ2) is 9.36. The van der Waals surface area contributed by atoms with Crippen molar-refractivity contribution in [3.05, 3.63) is 60.2 Å². The molecule has 2 aliphatic heterocycles. The Bertz CT molecular complexity index is 1090. The van der Waals surface area contributed by atoms with Gasteiger partial charge in [-0.15, -0.1) is 0 Å². The van der Waals surface area contributed by atoms with Crippen LogP contribution in [0.25, 0.3) is 0 Å². The Hall–Kier alpha value is -2.36. The van der Waals surface area contributed by atoms with E-state index in [9.17, 15) is 13.2 Å². The lowest BCUT2D eigenvalue weighted by Gasteiger charge is -2.32. The van der Waals surface area contributed by atoms with Gasteiger partial charge in [-0.05, 0) is 63.7 Å². The van der Waals surface area contributed by atoms with Crippen molar-refractivity contribution in [1.82, 2.24) is 4.90 Å². The SMILES string of the molecule is CC1(C)OB(c2ccc(S(=O)(=O)C3CCN(C(=O)OCc4ccccc4)CC3)cc2)OC1(C)C. The number of rotatable bonds is 5. The van der Waals surface area contributed by atoms with Crippen LogP contribution in [0.4, 0.5) is 4.79 Å². The highest BCUT2D eigenvalue weighted by Gasteiger charge is 2.51. The second-order valence-electron chi connectivity index (χ2n) is 9.93. The van der Waals surface area contributed by atoms with Gasteiger partial charge in [0.15, 0.2) is 9.84 Å². The zero-order valence-electron chi connectivity index (χ0n) is 20.2. The number of hydrogen-bond donors (Lipinski definition) is 0. The highest BCUT2D eigenvalue weighted by atomic mass is 32.2. The molecule has 2 saturated heterocycles. The van der Waals surface area contributed by atoms with E-state index in [0.717, 1.165) is 11.0 Å². The molecule has 2 fully saturated rings. The Kier molecular flexibility index (Phi) is 6.81. The topological polar surface area (TPSA) is 82.1 Å². The Balaban J connectivity index is 1.34. The maximum Gasteiger partial charge on any atom is 0.494 e. The van der Waals surface area contributed by atoms with Crippen molar-refractivity contribution in [3.63, 3.8) is 0 Å². The van der Waals surface area contributed by atoms with E-state index >= 15 is 0 Å². The molecule has 34 heavy (non-hydrogen) atoms. The van der Waals surface area contributed by atoms with Crippen LogP contribution in [0, 0.1) is 0 Å². The summed E-state index contributed by atoms with van der Waals surface area (Å²) in [5, 5.41) is -0.534. The van der Waals surface area contributed by atoms with Gasteiger partial charge in [0.1, 0.15) is 6.61 Å². The molecule has 7 nitrogen and oxygen atoms in total. The van der Waals surface area contributed by atoms with E-state index in [1.54, 1.807) is 29.2 Å². The van der Waals surface area contributed by atoms with Crippen LogP contribution in [-0.2, 0) is 30.5 Å². The van der Waals surface area contributed by atoms with Crippen LogP contribution in [0.2, 0.25) is 0 Å². The van der Waals surface area contributed by atoms with E-state index in [4.69, 9.17) is 14.0 Å². The zero-order chi connectivity index (χ0) is 24.6. The number of ether oxygens (including phenoxy) is 1. The van der Waals surface area contributed by atoms with E-state index in [2.05, 4.69) is 0 Å². The molecule has 0 unspecified atom stereocenters. The molecular weight excluding hydrogens is 453 g/mol. The molecule has 4 rings (SSSR count). The van der Waals surface area contributed by atoms with E-state index in [-0.39, 0.29) is 11.5 Å². The summed E-state index contributed by atoms with van der Waals surface area (Å²) < 4.78 is 43.9. The van der Waals surface area contributed by atoms with Gasteiger partial charge in [0.2, 0.25) is 0 Å². The third-order valence-electron chi connectivity index (χ3n) is 7.08. The minimum absolute atomic E-state index is 0.201. The number of carbonyl (C=O) groups is 1. The number of likely N-dealkylation sites (tertiary alicyclic amines) is 1. The number of benzene rings is 2. The number of nitrogens with zero attached hydrogens (tertiary/aromatic N) is 1. The summed E-state index contributed by atoms with van der Waals surface area (Å²) in [6.45, 7) is 8.83. The van der Waals surface area contributed by atoms with Crippen LogP contribution < -0.4 is 5.46 Å². The van der Waals surface area contributed by atoms with E-state index in [0.29, 0.717) is 25.9 Å². The van der Waals surface area contributed by atoms with E-state index < -0.39 is 39.5 Å². The van der Waals surface area contributed by atoms with Gasteiger partial charge in [0, 0.05) is 13.1 Å². The second-order valence-corrected chi connectivity index (χ2v) is 12.2. The molecular formula is C25H32BNO6S. The molecule has 0 saturated carbocycles. The van der Waals surface area contributed by atoms with Crippen LogP contribution in [0.5, 0.6) is 0 Å². The average molecular weight is 485 g/mol. The molecule has 0 atom stereocenters. The lowest BCUT2D eigenvalue weighted by molar-refractivity contribution is 0.00578. The molecule has 182 valence electrons. The van der Waals surface area contributed by atoms with Crippen LogP contribution >= 0.6 is 0 Å². The minimum atomic E-state index is -3.51. The largest absolute Gasteiger partial charge is 0.494 e.